The molecule has 2 aromatic heterocycles. The van der Waals surface area contributed by atoms with E-state index in [-0.39, 0.29) is 23.7 Å². The molecule has 1 unspecified atom stereocenters. The third kappa shape index (κ3) is 5.33. The van der Waals surface area contributed by atoms with Gasteiger partial charge in [-0.3, -0.25) is 4.79 Å². The van der Waals surface area contributed by atoms with Crippen molar-refractivity contribution in [2.75, 3.05) is 24.3 Å². The molecule has 3 heterocycles. The van der Waals surface area contributed by atoms with Crippen LogP contribution in [0.1, 0.15) is 84.4 Å². The Labute approximate surface area is 208 Å². The Morgan fingerprint density at radius 1 is 1.18 bits per heavy atom. The molecule has 1 amide bonds. The maximum Gasteiger partial charge on any atom is 0.341 e. The predicted molar refractivity (Wildman–Crippen MR) is 132 cm³/mol. The number of anilines is 1. The quantitative estimate of drug-likeness (QED) is 0.304. The normalized spacial score (nSPS) is 20.1. The first-order valence-corrected chi connectivity index (χ1v) is 14.2. The van der Waals surface area contributed by atoms with Gasteiger partial charge in [-0.1, -0.05) is 18.2 Å². The number of thioether (sulfide) groups is 1. The fourth-order valence-corrected chi connectivity index (χ4v) is 6.81. The van der Waals surface area contributed by atoms with Gasteiger partial charge in [0.1, 0.15) is 10.8 Å². The molecular weight excluding hydrogens is 472 g/mol. The molecule has 2 fully saturated rings. The average molecular weight is 505 g/mol. The van der Waals surface area contributed by atoms with Gasteiger partial charge in [0.2, 0.25) is 5.91 Å². The van der Waals surface area contributed by atoms with Gasteiger partial charge in [0.15, 0.2) is 5.16 Å². The standard InChI is InChI=1S/C24H32N4O4S2/c1-2-31-23(30)20-17-8-4-3-5-9-18(17)34-22(20)25-19(29)14-33-24-27-26-21(15-10-11-15)28(24)13-16-7-6-12-32-16/h15-16H,2-14H2,1H3,(H,25,29). The second-order valence-corrected chi connectivity index (χ2v) is 11.2. The smallest absolute Gasteiger partial charge is 0.341 e. The highest BCUT2D eigenvalue weighted by molar-refractivity contribution is 7.99. The highest BCUT2D eigenvalue weighted by atomic mass is 32.2. The number of rotatable bonds is 9. The third-order valence-electron chi connectivity index (χ3n) is 6.58. The molecule has 1 N–H and O–H groups in total. The van der Waals surface area contributed by atoms with Crippen molar-refractivity contribution in [2.45, 2.75) is 88.4 Å². The molecular formula is C24H32N4O4S2. The van der Waals surface area contributed by atoms with Crippen molar-refractivity contribution in [2.24, 2.45) is 0 Å². The van der Waals surface area contributed by atoms with Crippen molar-refractivity contribution in [3.05, 3.63) is 21.8 Å². The highest BCUT2D eigenvalue weighted by Crippen LogP contribution is 2.41. The molecule has 1 atom stereocenters. The zero-order chi connectivity index (χ0) is 23.5. The molecule has 0 bridgehead atoms. The number of fused-ring (bicyclic) bond motifs is 1. The number of hydrogen-bond donors (Lipinski definition) is 1. The Balaban J connectivity index is 1.28. The second-order valence-electron chi connectivity index (χ2n) is 9.19. The zero-order valence-electron chi connectivity index (χ0n) is 19.6. The molecule has 3 aliphatic rings. The van der Waals surface area contributed by atoms with Crippen LogP contribution in [0, 0.1) is 0 Å². The number of aryl methyl sites for hydroxylation is 1. The van der Waals surface area contributed by atoms with E-state index in [1.54, 1.807) is 6.92 Å². The minimum atomic E-state index is -0.338. The zero-order valence-corrected chi connectivity index (χ0v) is 21.3. The first-order chi connectivity index (χ1) is 16.6. The topological polar surface area (TPSA) is 95.3 Å². The van der Waals surface area contributed by atoms with Crippen LogP contribution in [0.5, 0.6) is 0 Å². The van der Waals surface area contributed by atoms with E-state index in [4.69, 9.17) is 9.47 Å². The van der Waals surface area contributed by atoms with Gasteiger partial charge in [-0.15, -0.1) is 21.5 Å². The van der Waals surface area contributed by atoms with E-state index >= 15 is 0 Å². The number of esters is 1. The summed E-state index contributed by atoms with van der Waals surface area (Å²) in [5.41, 5.74) is 1.62. The lowest BCUT2D eigenvalue weighted by Gasteiger charge is -2.14. The minimum Gasteiger partial charge on any atom is -0.462 e. The molecule has 1 saturated heterocycles. The summed E-state index contributed by atoms with van der Waals surface area (Å²) in [5, 5.41) is 13.2. The lowest BCUT2D eigenvalue weighted by atomic mass is 10.1. The summed E-state index contributed by atoms with van der Waals surface area (Å²) < 4.78 is 13.3. The molecule has 0 aromatic carbocycles. The molecule has 8 nitrogen and oxygen atoms in total. The summed E-state index contributed by atoms with van der Waals surface area (Å²) in [4.78, 5) is 26.9. The van der Waals surface area contributed by atoms with Gasteiger partial charge in [0, 0.05) is 17.4 Å². The van der Waals surface area contributed by atoms with Crippen LogP contribution < -0.4 is 5.32 Å². The van der Waals surface area contributed by atoms with E-state index in [0.717, 1.165) is 87.5 Å². The summed E-state index contributed by atoms with van der Waals surface area (Å²) in [6.45, 7) is 3.67. The molecule has 2 aliphatic carbocycles. The van der Waals surface area contributed by atoms with Crippen LogP contribution in [0.15, 0.2) is 5.16 Å². The maximum atomic E-state index is 12.9. The Morgan fingerprint density at radius 2 is 2.03 bits per heavy atom. The predicted octanol–water partition coefficient (Wildman–Crippen LogP) is 4.57. The molecule has 10 heteroatoms. The van der Waals surface area contributed by atoms with Crippen molar-refractivity contribution < 1.29 is 19.1 Å². The van der Waals surface area contributed by atoms with Crippen LogP contribution >= 0.6 is 23.1 Å². The monoisotopic (exact) mass is 504 g/mol. The Bertz CT molecular complexity index is 1040. The summed E-state index contributed by atoms with van der Waals surface area (Å²) in [6.07, 6.45) is 9.77. The molecule has 184 valence electrons. The summed E-state index contributed by atoms with van der Waals surface area (Å²) in [5.74, 6) is 1.22. The van der Waals surface area contributed by atoms with Crippen molar-refractivity contribution in [3.8, 4) is 0 Å². The number of hydrogen-bond acceptors (Lipinski definition) is 8. The molecule has 0 radical (unpaired) electrons. The van der Waals surface area contributed by atoms with Crippen molar-refractivity contribution in [1.82, 2.24) is 14.8 Å². The second kappa shape index (κ2) is 10.8. The van der Waals surface area contributed by atoms with Gasteiger partial charge in [0.05, 0.1) is 30.6 Å². The Hall–Kier alpha value is -1.91. The van der Waals surface area contributed by atoms with E-state index in [0.29, 0.717) is 23.1 Å². The summed E-state index contributed by atoms with van der Waals surface area (Å²) in [6, 6.07) is 0. The van der Waals surface area contributed by atoms with Crippen LogP contribution in [-0.2, 0) is 33.7 Å². The largest absolute Gasteiger partial charge is 0.462 e. The number of nitrogens with one attached hydrogen (secondary N) is 1. The number of nitrogens with zero attached hydrogens (tertiary/aromatic N) is 3. The van der Waals surface area contributed by atoms with Gasteiger partial charge in [0.25, 0.3) is 0 Å². The fourth-order valence-electron chi connectivity index (χ4n) is 4.76. The highest BCUT2D eigenvalue weighted by Gasteiger charge is 2.32. The minimum absolute atomic E-state index is 0.147. The van der Waals surface area contributed by atoms with Gasteiger partial charge < -0.3 is 19.4 Å². The van der Waals surface area contributed by atoms with Crippen LogP contribution in [0.25, 0.3) is 0 Å². The van der Waals surface area contributed by atoms with Crippen LogP contribution in [0.3, 0.4) is 0 Å². The van der Waals surface area contributed by atoms with Gasteiger partial charge in [-0.05, 0) is 63.9 Å². The molecule has 1 aliphatic heterocycles. The van der Waals surface area contributed by atoms with Crippen molar-refractivity contribution >= 4 is 40.0 Å². The first kappa shape index (κ1) is 23.8. The SMILES string of the molecule is CCOC(=O)c1c(NC(=O)CSc2nnc(C3CC3)n2CC2CCCO2)sc2c1CCCCC2. The Morgan fingerprint density at radius 3 is 2.79 bits per heavy atom. The van der Waals surface area contributed by atoms with Crippen molar-refractivity contribution in [1.29, 1.82) is 0 Å². The van der Waals surface area contributed by atoms with E-state index < -0.39 is 0 Å². The lowest BCUT2D eigenvalue weighted by Crippen LogP contribution is -2.19. The van der Waals surface area contributed by atoms with Crippen LogP contribution in [-0.4, -0.2) is 51.7 Å². The van der Waals surface area contributed by atoms with Crippen LogP contribution in [0.4, 0.5) is 5.00 Å². The van der Waals surface area contributed by atoms with E-state index in [2.05, 4.69) is 20.1 Å². The Kier molecular flexibility index (Phi) is 7.55. The molecule has 1 saturated carbocycles. The fraction of sp³-hybridized carbons (Fsp3) is 0.667. The molecule has 0 spiro atoms. The maximum absolute atomic E-state index is 12.9. The van der Waals surface area contributed by atoms with Crippen LogP contribution in [0.2, 0.25) is 0 Å². The van der Waals surface area contributed by atoms with Gasteiger partial charge in [-0.25, -0.2) is 4.79 Å². The molecule has 2 aromatic rings. The van der Waals surface area contributed by atoms with E-state index in [1.807, 2.05) is 0 Å². The first-order valence-electron chi connectivity index (χ1n) is 12.4. The number of aromatic nitrogens is 3. The average Bonchev–Trinajstić information content (AvgIpc) is 3.32. The molecule has 5 rings (SSSR count). The summed E-state index contributed by atoms with van der Waals surface area (Å²) in [7, 11) is 0. The number of amides is 1. The lowest BCUT2D eigenvalue weighted by molar-refractivity contribution is -0.113. The number of carbonyl (C=O) groups is 2. The number of carbonyl (C=O) groups excluding carboxylic acids is 2. The molecule has 34 heavy (non-hydrogen) atoms. The van der Waals surface area contributed by atoms with Gasteiger partial charge in [-0.2, -0.15) is 0 Å². The van der Waals surface area contributed by atoms with Gasteiger partial charge >= 0.3 is 5.97 Å². The van der Waals surface area contributed by atoms with E-state index in [9.17, 15) is 9.59 Å². The number of ether oxygens (including phenoxy) is 2. The van der Waals surface area contributed by atoms with Crippen molar-refractivity contribution in [3.63, 3.8) is 0 Å². The summed E-state index contributed by atoms with van der Waals surface area (Å²) >= 11 is 2.93. The third-order valence-corrected chi connectivity index (χ3v) is 8.76. The van der Waals surface area contributed by atoms with E-state index in [1.165, 1.54) is 28.0 Å². The number of thiophene rings is 1.